The van der Waals surface area contributed by atoms with Crippen molar-refractivity contribution in [2.24, 2.45) is 5.92 Å². The van der Waals surface area contributed by atoms with Crippen LogP contribution in [-0.2, 0) is 4.79 Å². The molecule has 0 aliphatic heterocycles. The molecule has 0 aliphatic rings. The Balaban J connectivity index is 2.22. The zero-order chi connectivity index (χ0) is 17.0. The van der Waals surface area contributed by atoms with Gasteiger partial charge < -0.3 is 5.32 Å². The van der Waals surface area contributed by atoms with Gasteiger partial charge in [-0.25, -0.2) is 4.39 Å². The molecule has 2 rings (SSSR count). The fraction of sp³-hybridized carbons (Fsp3) is 0.267. The summed E-state index contributed by atoms with van der Waals surface area (Å²) < 4.78 is 12.9. The Kier molecular flexibility index (Phi) is 4.81. The fourth-order valence-electron chi connectivity index (χ4n) is 1.83. The standard InChI is InChI=1S/C15H14FN5O2/c1-9(2)19-15(23)12(7-17)14(22)13-8-18-21(20-13)11-5-3-10(16)4-6-11/h3-6,8-9,12H,1-2H3,(H,19,23)/t12-/m1/s1. The normalized spacial score (nSPS) is 11.8. The Morgan fingerprint density at radius 2 is 1.96 bits per heavy atom. The lowest BCUT2D eigenvalue weighted by atomic mass is 10.0. The lowest BCUT2D eigenvalue weighted by Gasteiger charge is -2.10. The summed E-state index contributed by atoms with van der Waals surface area (Å²) in [6.07, 6.45) is 1.17. The number of carbonyl (C=O) groups is 2. The average molecular weight is 315 g/mol. The molecule has 1 N–H and O–H groups in total. The quantitative estimate of drug-likeness (QED) is 0.661. The summed E-state index contributed by atoms with van der Waals surface area (Å²) in [6, 6.07) is 6.82. The van der Waals surface area contributed by atoms with Gasteiger partial charge in [0, 0.05) is 6.04 Å². The molecule has 1 aromatic carbocycles. The number of hydrogen-bond donors (Lipinski definition) is 1. The van der Waals surface area contributed by atoms with Gasteiger partial charge in [-0.05, 0) is 38.1 Å². The Hall–Kier alpha value is -3.08. The summed E-state index contributed by atoms with van der Waals surface area (Å²) >= 11 is 0. The van der Waals surface area contributed by atoms with E-state index < -0.39 is 23.4 Å². The van der Waals surface area contributed by atoms with Crippen LogP contribution in [0.4, 0.5) is 4.39 Å². The Morgan fingerprint density at radius 3 is 2.52 bits per heavy atom. The predicted octanol–water partition coefficient (Wildman–Crippen LogP) is 1.25. The van der Waals surface area contributed by atoms with Gasteiger partial charge in [-0.3, -0.25) is 9.59 Å². The summed E-state index contributed by atoms with van der Waals surface area (Å²) in [6.45, 7) is 3.45. The second-order valence-electron chi connectivity index (χ2n) is 5.09. The van der Waals surface area contributed by atoms with E-state index in [9.17, 15) is 14.0 Å². The van der Waals surface area contributed by atoms with Gasteiger partial charge in [-0.2, -0.15) is 15.2 Å². The van der Waals surface area contributed by atoms with Crippen LogP contribution in [0.15, 0.2) is 30.5 Å². The molecule has 0 fully saturated rings. The Labute approximate surface area is 131 Å². The first-order chi connectivity index (χ1) is 10.9. The van der Waals surface area contributed by atoms with Crippen LogP contribution in [0, 0.1) is 23.1 Å². The SMILES string of the molecule is CC(C)NC(=O)[C@H](C#N)C(=O)c1cnn(-c2ccc(F)cc2)n1. The van der Waals surface area contributed by atoms with Crippen LogP contribution in [0.5, 0.6) is 0 Å². The van der Waals surface area contributed by atoms with Crippen LogP contribution in [0.3, 0.4) is 0 Å². The first-order valence-corrected chi connectivity index (χ1v) is 6.85. The smallest absolute Gasteiger partial charge is 0.245 e. The van der Waals surface area contributed by atoms with Crippen LogP contribution < -0.4 is 5.32 Å². The number of aromatic nitrogens is 3. The minimum atomic E-state index is -1.49. The second kappa shape index (κ2) is 6.79. The second-order valence-corrected chi connectivity index (χ2v) is 5.09. The number of Topliss-reactive ketones (excluding diaryl/α,β-unsaturated/α-hetero) is 1. The molecule has 1 amide bonds. The molecular formula is C15H14FN5O2. The third-order valence-electron chi connectivity index (χ3n) is 2.89. The number of amides is 1. The summed E-state index contributed by atoms with van der Waals surface area (Å²) in [5.74, 6) is -3.31. The van der Waals surface area contributed by atoms with Gasteiger partial charge in [0.2, 0.25) is 11.7 Å². The highest BCUT2D eigenvalue weighted by Gasteiger charge is 2.30. The Bertz CT molecular complexity index is 761. The molecule has 0 radical (unpaired) electrons. The van der Waals surface area contributed by atoms with Crippen LogP contribution in [-0.4, -0.2) is 32.7 Å². The molecule has 0 unspecified atom stereocenters. The predicted molar refractivity (Wildman–Crippen MR) is 78.0 cm³/mol. The number of nitriles is 1. The zero-order valence-corrected chi connectivity index (χ0v) is 12.5. The minimum absolute atomic E-state index is 0.111. The number of nitrogens with one attached hydrogen (secondary N) is 1. The van der Waals surface area contributed by atoms with Crippen molar-refractivity contribution < 1.29 is 14.0 Å². The number of carbonyl (C=O) groups excluding carboxylic acids is 2. The highest BCUT2D eigenvalue weighted by molar-refractivity contribution is 6.11. The van der Waals surface area contributed by atoms with Crippen molar-refractivity contribution in [3.8, 4) is 11.8 Å². The number of benzene rings is 1. The fourth-order valence-corrected chi connectivity index (χ4v) is 1.83. The molecule has 1 atom stereocenters. The van der Waals surface area contributed by atoms with Crippen molar-refractivity contribution in [3.05, 3.63) is 42.0 Å². The minimum Gasteiger partial charge on any atom is -0.352 e. The summed E-state index contributed by atoms with van der Waals surface area (Å²) in [5.41, 5.74) is 0.338. The number of ketones is 1. The Morgan fingerprint density at radius 1 is 1.30 bits per heavy atom. The molecule has 0 saturated heterocycles. The third kappa shape index (κ3) is 3.77. The third-order valence-corrected chi connectivity index (χ3v) is 2.89. The van der Waals surface area contributed by atoms with Gasteiger partial charge in [0.1, 0.15) is 5.82 Å². The van der Waals surface area contributed by atoms with E-state index in [1.54, 1.807) is 19.9 Å². The van der Waals surface area contributed by atoms with E-state index >= 15 is 0 Å². The maximum absolute atomic E-state index is 12.9. The first kappa shape index (κ1) is 16.3. The van der Waals surface area contributed by atoms with E-state index in [1.807, 2.05) is 0 Å². The molecule has 1 heterocycles. The van der Waals surface area contributed by atoms with Gasteiger partial charge >= 0.3 is 0 Å². The number of rotatable bonds is 5. The molecule has 0 spiro atoms. The molecule has 8 heteroatoms. The van der Waals surface area contributed by atoms with Gasteiger partial charge in [0.15, 0.2) is 11.6 Å². The van der Waals surface area contributed by atoms with Gasteiger partial charge in [-0.1, -0.05) is 0 Å². The molecular weight excluding hydrogens is 301 g/mol. The maximum Gasteiger partial charge on any atom is 0.245 e. The van der Waals surface area contributed by atoms with E-state index in [2.05, 4.69) is 15.5 Å². The molecule has 0 aliphatic carbocycles. The summed E-state index contributed by atoms with van der Waals surface area (Å²) in [5, 5.41) is 19.4. The lowest BCUT2D eigenvalue weighted by molar-refractivity contribution is -0.122. The van der Waals surface area contributed by atoms with Crippen LogP contribution in [0.1, 0.15) is 24.3 Å². The number of halogens is 1. The van der Waals surface area contributed by atoms with Crippen molar-refractivity contribution in [2.45, 2.75) is 19.9 Å². The molecule has 23 heavy (non-hydrogen) atoms. The van der Waals surface area contributed by atoms with Crippen molar-refractivity contribution in [2.75, 3.05) is 0 Å². The van der Waals surface area contributed by atoms with Crippen molar-refractivity contribution >= 4 is 11.7 Å². The topological polar surface area (TPSA) is 101 Å². The van der Waals surface area contributed by atoms with Crippen molar-refractivity contribution in [1.82, 2.24) is 20.3 Å². The van der Waals surface area contributed by atoms with Gasteiger partial charge in [0.25, 0.3) is 0 Å². The molecule has 0 bridgehead atoms. The van der Waals surface area contributed by atoms with E-state index in [1.165, 1.54) is 30.5 Å². The van der Waals surface area contributed by atoms with Crippen LogP contribution >= 0.6 is 0 Å². The van der Waals surface area contributed by atoms with Crippen molar-refractivity contribution in [1.29, 1.82) is 5.26 Å². The highest BCUT2D eigenvalue weighted by atomic mass is 19.1. The largest absolute Gasteiger partial charge is 0.352 e. The molecule has 0 saturated carbocycles. The van der Waals surface area contributed by atoms with E-state index in [-0.39, 0.29) is 11.7 Å². The van der Waals surface area contributed by atoms with Gasteiger partial charge in [0.05, 0.1) is 18.0 Å². The van der Waals surface area contributed by atoms with E-state index in [4.69, 9.17) is 5.26 Å². The monoisotopic (exact) mass is 315 g/mol. The molecule has 7 nitrogen and oxygen atoms in total. The van der Waals surface area contributed by atoms with E-state index in [0.29, 0.717) is 5.69 Å². The molecule has 1 aromatic heterocycles. The van der Waals surface area contributed by atoms with Crippen LogP contribution in [0.2, 0.25) is 0 Å². The number of nitrogens with zero attached hydrogens (tertiary/aromatic N) is 4. The summed E-state index contributed by atoms with van der Waals surface area (Å²) in [7, 11) is 0. The highest BCUT2D eigenvalue weighted by Crippen LogP contribution is 2.10. The van der Waals surface area contributed by atoms with Crippen LogP contribution in [0.25, 0.3) is 5.69 Å². The molecule has 2 aromatic rings. The van der Waals surface area contributed by atoms with E-state index in [0.717, 1.165) is 4.80 Å². The molecule has 118 valence electrons. The average Bonchev–Trinajstić information content (AvgIpc) is 2.97. The van der Waals surface area contributed by atoms with Crippen molar-refractivity contribution in [3.63, 3.8) is 0 Å². The zero-order valence-electron chi connectivity index (χ0n) is 12.5. The number of hydrogen-bond acceptors (Lipinski definition) is 5. The maximum atomic E-state index is 12.9. The summed E-state index contributed by atoms with van der Waals surface area (Å²) in [4.78, 5) is 25.2. The lowest BCUT2D eigenvalue weighted by Crippen LogP contribution is -2.38. The van der Waals surface area contributed by atoms with Gasteiger partial charge in [-0.15, -0.1) is 5.10 Å². The first-order valence-electron chi connectivity index (χ1n) is 6.85.